The van der Waals surface area contributed by atoms with Gasteiger partial charge in [0.25, 0.3) is 0 Å². The minimum atomic E-state index is 0.565. The van der Waals surface area contributed by atoms with Crippen molar-refractivity contribution < 1.29 is 9.53 Å². The number of carbonyl (C=O) groups is 1. The lowest BCUT2D eigenvalue weighted by Crippen LogP contribution is -1.87. The van der Waals surface area contributed by atoms with Gasteiger partial charge in [0, 0.05) is 0 Å². The average molecular weight is 162 g/mol. The molecule has 0 spiro atoms. The van der Waals surface area contributed by atoms with Gasteiger partial charge in [-0.2, -0.15) is 0 Å². The van der Waals surface area contributed by atoms with Crippen molar-refractivity contribution in [2.75, 3.05) is 0 Å². The lowest BCUT2D eigenvalue weighted by atomic mass is 10.2. The first-order valence-corrected chi connectivity index (χ1v) is 3.70. The molecule has 0 saturated heterocycles. The van der Waals surface area contributed by atoms with Gasteiger partial charge in [-0.05, 0) is 19.1 Å². The average Bonchev–Trinajstić information content (AvgIpc) is 2.15. The summed E-state index contributed by atoms with van der Waals surface area (Å²) in [7, 11) is 0. The van der Waals surface area contributed by atoms with E-state index in [0.29, 0.717) is 11.3 Å². The summed E-state index contributed by atoms with van der Waals surface area (Å²) in [6.45, 7) is 1.85. The van der Waals surface area contributed by atoms with Gasteiger partial charge in [0.05, 0.1) is 11.8 Å². The van der Waals surface area contributed by atoms with E-state index in [1.807, 2.05) is 13.0 Å². The van der Waals surface area contributed by atoms with Crippen LogP contribution in [0.5, 0.6) is 5.75 Å². The summed E-state index contributed by atoms with van der Waals surface area (Å²) in [5.74, 6) is 0.589. The van der Waals surface area contributed by atoms with Crippen molar-refractivity contribution in [3.05, 3.63) is 42.2 Å². The highest BCUT2D eigenvalue weighted by atomic mass is 16.5. The van der Waals surface area contributed by atoms with Crippen LogP contribution in [0.2, 0.25) is 0 Å². The Bertz CT molecular complexity index is 290. The van der Waals surface area contributed by atoms with Gasteiger partial charge >= 0.3 is 0 Å². The number of rotatable bonds is 3. The molecule has 0 bridgehead atoms. The molecular formula is C10H10O2. The monoisotopic (exact) mass is 162 g/mol. The Morgan fingerprint density at radius 1 is 1.33 bits per heavy atom. The molecule has 1 aromatic carbocycles. The van der Waals surface area contributed by atoms with Crippen molar-refractivity contribution in [2.24, 2.45) is 0 Å². The standard InChI is InChI=1S/C10H10O2/c1-2-7-12-10-6-4-3-5-9(10)8-11/h2-8H,1H3/b7-2+. The third-order valence-electron chi connectivity index (χ3n) is 1.38. The zero-order valence-corrected chi connectivity index (χ0v) is 6.86. The van der Waals surface area contributed by atoms with Gasteiger partial charge in [0.1, 0.15) is 5.75 Å². The SMILES string of the molecule is C/C=C/Oc1ccccc1C=O. The molecule has 0 heterocycles. The summed E-state index contributed by atoms with van der Waals surface area (Å²) in [6.07, 6.45) is 4.09. The summed E-state index contributed by atoms with van der Waals surface area (Å²) >= 11 is 0. The summed E-state index contributed by atoms with van der Waals surface area (Å²) < 4.78 is 5.17. The van der Waals surface area contributed by atoms with E-state index in [4.69, 9.17) is 4.74 Å². The third-order valence-corrected chi connectivity index (χ3v) is 1.38. The summed E-state index contributed by atoms with van der Waals surface area (Å²) in [4.78, 5) is 10.5. The molecule has 0 aromatic heterocycles. The fourth-order valence-electron chi connectivity index (χ4n) is 0.827. The quantitative estimate of drug-likeness (QED) is 0.504. The Morgan fingerprint density at radius 2 is 2.08 bits per heavy atom. The Balaban J connectivity index is 2.89. The number of hydrogen-bond acceptors (Lipinski definition) is 2. The van der Waals surface area contributed by atoms with Gasteiger partial charge in [-0.3, -0.25) is 4.79 Å². The molecule has 0 aliphatic rings. The van der Waals surface area contributed by atoms with E-state index >= 15 is 0 Å². The second-order valence-electron chi connectivity index (χ2n) is 2.24. The topological polar surface area (TPSA) is 26.3 Å². The zero-order valence-electron chi connectivity index (χ0n) is 6.86. The molecule has 0 unspecified atom stereocenters. The summed E-state index contributed by atoms with van der Waals surface area (Å²) in [5, 5.41) is 0. The number of hydrogen-bond donors (Lipinski definition) is 0. The van der Waals surface area contributed by atoms with Crippen LogP contribution >= 0.6 is 0 Å². The van der Waals surface area contributed by atoms with E-state index < -0.39 is 0 Å². The Morgan fingerprint density at radius 3 is 2.75 bits per heavy atom. The van der Waals surface area contributed by atoms with Crippen LogP contribution < -0.4 is 4.74 Å². The predicted molar refractivity (Wildman–Crippen MR) is 47.3 cm³/mol. The van der Waals surface area contributed by atoms with Crippen LogP contribution in [-0.2, 0) is 0 Å². The molecule has 0 aliphatic carbocycles. The molecule has 0 radical (unpaired) electrons. The van der Waals surface area contributed by atoms with Gasteiger partial charge < -0.3 is 4.74 Å². The Labute approximate surface area is 71.5 Å². The Hall–Kier alpha value is -1.57. The maximum absolute atomic E-state index is 10.5. The van der Waals surface area contributed by atoms with Crippen molar-refractivity contribution >= 4 is 6.29 Å². The van der Waals surface area contributed by atoms with Gasteiger partial charge in [-0.25, -0.2) is 0 Å². The molecule has 1 rings (SSSR count). The molecule has 0 aliphatic heterocycles. The summed E-state index contributed by atoms with van der Waals surface area (Å²) in [5.41, 5.74) is 0.565. The highest BCUT2D eigenvalue weighted by molar-refractivity contribution is 5.79. The van der Waals surface area contributed by atoms with Gasteiger partial charge in [0.15, 0.2) is 6.29 Å². The van der Waals surface area contributed by atoms with Crippen LogP contribution in [0.1, 0.15) is 17.3 Å². The van der Waals surface area contributed by atoms with E-state index in [-0.39, 0.29) is 0 Å². The van der Waals surface area contributed by atoms with E-state index in [2.05, 4.69) is 0 Å². The second kappa shape index (κ2) is 4.34. The van der Waals surface area contributed by atoms with Crippen molar-refractivity contribution in [2.45, 2.75) is 6.92 Å². The van der Waals surface area contributed by atoms with Crippen LogP contribution in [0.25, 0.3) is 0 Å². The number of benzene rings is 1. The number of carbonyl (C=O) groups excluding carboxylic acids is 1. The molecule has 0 saturated carbocycles. The van der Waals surface area contributed by atoms with Crippen molar-refractivity contribution in [3.63, 3.8) is 0 Å². The molecule has 2 heteroatoms. The van der Waals surface area contributed by atoms with Crippen LogP contribution in [0.3, 0.4) is 0 Å². The largest absolute Gasteiger partial charge is 0.465 e. The Kier molecular flexibility index (Phi) is 3.08. The molecule has 62 valence electrons. The first-order chi connectivity index (χ1) is 5.88. The van der Waals surface area contributed by atoms with E-state index in [0.717, 1.165) is 6.29 Å². The lowest BCUT2D eigenvalue weighted by molar-refractivity contribution is 0.112. The highest BCUT2D eigenvalue weighted by Gasteiger charge is 1.97. The minimum Gasteiger partial charge on any atom is -0.465 e. The van der Waals surface area contributed by atoms with E-state index in [1.54, 1.807) is 30.5 Å². The van der Waals surface area contributed by atoms with Crippen LogP contribution in [0.4, 0.5) is 0 Å². The normalized spacial score (nSPS) is 10.1. The third kappa shape index (κ3) is 1.95. The zero-order chi connectivity index (χ0) is 8.81. The molecule has 2 nitrogen and oxygen atoms in total. The van der Waals surface area contributed by atoms with Crippen molar-refractivity contribution in [3.8, 4) is 5.75 Å². The van der Waals surface area contributed by atoms with Gasteiger partial charge in [-0.15, -0.1) is 0 Å². The van der Waals surface area contributed by atoms with Crippen LogP contribution in [0, 0.1) is 0 Å². The van der Waals surface area contributed by atoms with Gasteiger partial charge in [0.2, 0.25) is 0 Å². The molecule has 12 heavy (non-hydrogen) atoms. The molecular weight excluding hydrogens is 152 g/mol. The minimum absolute atomic E-state index is 0.565. The molecule has 0 fully saturated rings. The molecule has 1 aromatic rings. The van der Waals surface area contributed by atoms with Crippen LogP contribution in [-0.4, -0.2) is 6.29 Å². The summed E-state index contributed by atoms with van der Waals surface area (Å²) in [6, 6.07) is 7.09. The molecule has 0 amide bonds. The number of aldehydes is 1. The fraction of sp³-hybridized carbons (Fsp3) is 0.100. The number of ether oxygens (including phenoxy) is 1. The molecule has 0 atom stereocenters. The highest BCUT2D eigenvalue weighted by Crippen LogP contribution is 2.15. The first kappa shape index (κ1) is 8.53. The number of para-hydroxylation sites is 1. The van der Waals surface area contributed by atoms with Crippen molar-refractivity contribution in [1.82, 2.24) is 0 Å². The molecule has 0 N–H and O–H groups in total. The van der Waals surface area contributed by atoms with Crippen LogP contribution in [0.15, 0.2) is 36.6 Å². The lowest BCUT2D eigenvalue weighted by Gasteiger charge is -2.01. The fourth-order valence-corrected chi connectivity index (χ4v) is 0.827. The number of allylic oxidation sites excluding steroid dienone is 1. The van der Waals surface area contributed by atoms with Crippen molar-refractivity contribution in [1.29, 1.82) is 0 Å². The first-order valence-electron chi connectivity index (χ1n) is 3.70. The maximum Gasteiger partial charge on any atom is 0.153 e. The maximum atomic E-state index is 10.5. The predicted octanol–water partition coefficient (Wildman–Crippen LogP) is 2.41. The smallest absolute Gasteiger partial charge is 0.153 e. The second-order valence-corrected chi connectivity index (χ2v) is 2.24. The van der Waals surface area contributed by atoms with E-state index in [9.17, 15) is 4.79 Å². The van der Waals surface area contributed by atoms with Gasteiger partial charge in [-0.1, -0.05) is 18.2 Å². The van der Waals surface area contributed by atoms with E-state index in [1.165, 1.54) is 0 Å².